The van der Waals surface area contributed by atoms with Gasteiger partial charge in [-0.2, -0.15) is 0 Å². The van der Waals surface area contributed by atoms with Crippen molar-refractivity contribution in [3.05, 3.63) is 35.9 Å². The largest absolute Gasteiger partial charge is 0.445 e. The predicted molar refractivity (Wildman–Crippen MR) is 68.7 cm³/mol. The highest BCUT2D eigenvalue weighted by Gasteiger charge is 2.55. The lowest BCUT2D eigenvalue weighted by Gasteiger charge is -2.35. The van der Waals surface area contributed by atoms with E-state index in [0.29, 0.717) is 6.54 Å². The van der Waals surface area contributed by atoms with Crippen LogP contribution < -0.4 is 5.32 Å². The summed E-state index contributed by atoms with van der Waals surface area (Å²) in [5.41, 5.74) is 0.909. The number of amides is 2. The number of halogens is 1. The fourth-order valence-electron chi connectivity index (χ4n) is 2.42. The van der Waals surface area contributed by atoms with E-state index in [1.54, 1.807) is 0 Å². The van der Waals surface area contributed by atoms with Gasteiger partial charge in [0.15, 0.2) is 0 Å². The van der Waals surface area contributed by atoms with Crippen molar-refractivity contribution in [2.45, 2.75) is 24.1 Å². The first kappa shape index (κ1) is 12.3. The molecule has 0 saturated carbocycles. The summed E-state index contributed by atoms with van der Waals surface area (Å²) < 4.78 is 5.21. The number of likely N-dealkylation sites (tertiary alicyclic amines) is 1. The predicted octanol–water partition coefficient (Wildman–Crippen LogP) is 1.11. The van der Waals surface area contributed by atoms with Crippen LogP contribution in [0.5, 0.6) is 0 Å². The van der Waals surface area contributed by atoms with Crippen LogP contribution in [0.25, 0.3) is 0 Å². The third-order valence-electron chi connectivity index (χ3n) is 3.45. The number of benzene rings is 1. The Morgan fingerprint density at radius 2 is 2.16 bits per heavy atom. The molecule has 0 aliphatic carbocycles. The summed E-state index contributed by atoms with van der Waals surface area (Å²) in [4.78, 5) is 24.8. The molecule has 3 rings (SSSR count). The van der Waals surface area contributed by atoms with E-state index in [0.717, 1.165) is 5.56 Å². The zero-order valence-electron chi connectivity index (χ0n) is 10.1. The van der Waals surface area contributed by atoms with E-state index in [1.165, 1.54) is 4.90 Å². The van der Waals surface area contributed by atoms with Crippen LogP contribution in [0.15, 0.2) is 30.3 Å². The summed E-state index contributed by atoms with van der Waals surface area (Å²) in [6.45, 7) is 0.533. The molecular formula is C13H13ClN2O3. The van der Waals surface area contributed by atoms with Crippen molar-refractivity contribution in [3.63, 3.8) is 0 Å². The maximum Gasteiger partial charge on any atom is 0.410 e. The second kappa shape index (κ2) is 4.74. The molecular weight excluding hydrogens is 268 g/mol. The lowest BCUT2D eigenvalue weighted by atomic mass is 10.0. The van der Waals surface area contributed by atoms with Crippen molar-refractivity contribution in [2.75, 3.05) is 6.54 Å². The summed E-state index contributed by atoms with van der Waals surface area (Å²) in [5, 5.41) is 2.45. The number of nitrogens with one attached hydrogen (secondary N) is 1. The molecule has 0 spiro atoms. The Morgan fingerprint density at radius 3 is 2.84 bits per heavy atom. The highest BCUT2D eigenvalue weighted by molar-refractivity contribution is 6.23. The number of hydrogen-bond donors (Lipinski definition) is 1. The van der Waals surface area contributed by atoms with Gasteiger partial charge in [0.2, 0.25) is 5.91 Å². The van der Waals surface area contributed by atoms with Gasteiger partial charge in [-0.3, -0.25) is 9.69 Å². The van der Waals surface area contributed by atoms with Crippen LogP contribution >= 0.6 is 11.6 Å². The van der Waals surface area contributed by atoms with Crippen molar-refractivity contribution in [3.8, 4) is 0 Å². The first-order valence-electron chi connectivity index (χ1n) is 6.08. The van der Waals surface area contributed by atoms with Gasteiger partial charge < -0.3 is 10.1 Å². The number of β-lactam (4-membered cyclic amide) rings is 1. The van der Waals surface area contributed by atoms with Crippen molar-refractivity contribution in [2.24, 2.45) is 0 Å². The third-order valence-corrected chi connectivity index (χ3v) is 3.86. The van der Waals surface area contributed by atoms with Gasteiger partial charge in [0.25, 0.3) is 0 Å². The molecule has 0 radical (unpaired) electrons. The van der Waals surface area contributed by atoms with Crippen molar-refractivity contribution in [1.82, 2.24) is 10.2 Å². The van der Waals surface area contributed by atoms with Crippen LogP contribution in [0.3, 0.4) is 0 Å². The van der Waals surface area contributed by atoms with E-state index in [9.17, 15) is 9.59 Å². The Hall–Kier alpha value is -1.75. The van der Waals surface area contributed by atoms with E-state index < -0.39 is 12.1 Å². The van der Waals surface area contributed by atoms with E-state index in [-0.39, 0.29) is 23.9 Å². The summed E-state index contributed by atoms with van der Waals surface area (Å²) in [7, 11) is 0. The first-order valence-corrected chi connectivity index (χ1v) is 6.52. The molecule has 100 valence electrons. The SMILES string of the molecule is O=C1N[C@@H]2[C@H](Cl)CN(C(=O)OCc3ccccc3)[C@H]12. The molecule has 2 aliphatic heterocycles. The Bertz CT molecular complexity index is 508. The third kappa shape index (κ3) is 2.14. The van der Waals surface area contributed by atoms with Crippen molar-refractivity contribution < 1.29 is 14.3 Å². The molecule has 5 nitrogen and oxygen atoms in total. The van der Waals surface area contributed by atoms with Gasteiger partial charge in [-0.25, -0.2) is 4.79 Å². The fourth-order valence-corrected chi connectivity index (χ4v) is 2.77. The molecule has 1 N–H and O–H groups in total. The van der Waals surface area contributed by atoms with E-state index in [1.807, 2.05) is 30.3 Å². The summed E-state index contributed by atoms with van der Waals surface area (Å²) in [6.07, 6.45) is -0.489. The van der Waals surface area contributed by atoms with Crippen molar-refractivity contribution >= 4 is 23.6 Å². The highest BCUT2D eigenvalue weighted by Crippen LogP contribution is 2.29. The monoisotopic (exact) mass is 280 g/mol. The Balaban J connectivity index is 1.60. The number of hydrogen-bond acceptors (Lipinski definition) is 3. The minimum absolute atomic E-state index is 0.140. The standard InChI is InChI=1S/C13H13ClN2O3/c14-9-6-16(11-10(9)15-12(11)17)13(18)19-7-8-4-2-1-3-5-8/h1-5,9-11H,6-7H2,(H,15,17)/t9-,10-,11+/m1/s1. The lowest BCUT2D eigenvalue weighted by Crippen LogP contribution is -2.66. The summed E-state index contributed by atoms with van der Waals surface area (Å²) >= 11 is 6.07. The number of ether oxygens (including phenoxy) is 1. The van der Waals surface area contributed by atoms with E-state index in [2.05, 4.69) is 5.32 Å². The summed E-state index contributed by atoms with van der Waals surface area (Å²) in [6, 6.07) is 8.80. The lowest BCUT2D eigenvalue weighted by molar-refractivity contribution is -0.133. The molecule has 2 aliphatic rings. The minimum atomic E-state index is -0.489. The minimum Gasteiger partial charge on any atom is -0.445 e. The fraction of sp³-hybridized carbons (Fsp3) is 0.385. The Labute approximate surface area is 115 Å². The smallest absolute Gasteiger partial charge is 0.410 e. The molecule has 3 atom stereocenters. The molecule has 0 bridgehead atoms. The highest BCUT2D eigenvalue weighted by atomic mass is 35.5. The maximum absolute atomic E-state index is 12.0. The van der Waals surface area contributed by atoms with Gasteiger partial charge in [0.1, 0.15) is 12.6 Å². The van der Waals surface area contributed by atoms with Gasteiger partial charge in [-0.1, -0.05) is 30.3 Å². The van der Waals surface area contributed by atoms with Gasteiger partial charge >= 0.3 is 6.09 Å². The van der Waals surface area contributed by atoms with Crippen molar-refractivity contribution in [1.29, 1.82) is 0 Å². The molecule has 0 aromatic heterocycles. The maximum atomic E-state index is 12.0. The Morgan fingerprint density at radius 1 is 1.42 bits per heavy atom. The van der Waals surface area contributed by atoms with Gasteiger partial charge in [0.05, 0.1) is 11.4 Å². The van der Waals surface area contributed by atoms with Gasteiger partial charge in [-0.15, -0.1) is 11.6 Å². The molecule has 6 heteroatoms. The van der Waals surface area contributed by atoms with Crippen LogP contribution in [-0.2, 0) is 16.1 Å². The topological polar surface area (TPSA) is 58.6 Å². The average Bonchev–Trinajstić information content (AvgIpc) is 2.68. The van der Waals surface area contributed by atoms with Crippen LogP contribution in [-0.4, -0.2) is 40.9 Å². The number of rotatable bonds is 2. The zero-order chi connectivity index (χ0) is 13.4. The van der Waals surface area contributed by atoms with E-state index in [4.69, 9.17) is 16.3 Å². The number of alkyl halides is 1. The number of carbonyl (C=O) groups is 2. The average molecular weight is 281 g/mol. The number of carbonyl (C=O) groups excluding carboxylic acids is 2. The molecule has 1 aromatic rings. The number of nitrogens with zero attached hydrogens (tertiary/aromatic N) is 1. The van der Waals surface area contributed by atoms with Crippen LogP contribution in [0.2, 0.25) is 0 Å². The normalized spacial score (nSPS) is 28.4. The quantitative estimate of drug-likeness (QED) is 0.652. The van der Waals surface area contributed by atoms with Crippen LogP contribution in [0.4, 0.5) is 4.79 Å². The van der Waals surface area contributed by atoms with Crippen LogP contribution in [0, 0.1) is 0 Å². The zero-order valence-corrected chi connectivity index (χ0v) is 10.8. The molecule has 2 saturated heterocycles. The molecule has 2 amide bonds. The molecule has 2 heterocycles. The molecule has 1 aromatic carbocycles. The van der Waals surface area contributed by atoms with E-state index >= 15 is 0 Å². The molecule has 2 fully saturated rings. The second-order valence-electron chi connectivity index (χ2n) is 4.69. The van der Waals surface area contributed by atoms with Crippen LogP contribution in [0.1, 0.15) is 5.56 Å². The summed E-state index contributed by atoms with van der Waals surface area (Å²) in [5.74, 6) is -0.162. The Kier molecular flexibility index (Phi) is 3.06. The molecule has 0 unspecified atom stereocenters. The second-order valence-corrected chi connectivity index (χ2v) is 5.25. The first-order chi connectivity index (χ1) is 9.16. The number of fused-ring (bicyclic) bond motifs is 1. The van der Waals surface area contributed by atoms with Gasteiger partial charge in [0, 0.05) is 6.54 Å². The molecule has 19 heavy (non-hydrogen) atoms. The van der Waals surface area contributed by atoms with Gasteiger partial charge in [-0.05, 0) is 5.56 Å².